The number of rotatable bonds is 43. The van der Waals surface area contributed by atoms with Crippen molar-refractivity contribution in [1.29, 1.82) is 0 Å². The zero-order valence-electron chi connectivity index (χ0n) is 38.5. The van der Waals surface area contributed by atoms with Gasteiger partial charge in [-0.2, -0.15) is 0 Å². The van der Waals surface area contributed by atoms with Gasteiger partial charge in [-0.05, 0) is 44.9 Å². The molecule has 0 fully saturated rings. The average Bonchev–Trinajstić information content (AvgIpc) is 3.18. The average molecular weight is 818 g/mol. The van der Waals surface area contributed by atoms with E-state index in [0.717, 1.165) is 57.8 Å². The molecule has 0 aliphatic rings. The molecule has 0 saturated heterocycles. The molecule has 8 nitrogen and oxygen atoms in total. The van der Waals surface area contributed by atoms with E-state index >= 15 is 0 Å². The molecule has 0 aliphatic carbocycles. The van der Waals surface area contributed by atoms with Gasteiger partial charge >= 0.3 is 11.9 Å². The molecule has 0 saturated carbocycles. The molecule has 0 rings (SSSR count). The van der Waals surface area contributed by atoms with Crippen molar-refractivity contribution in [3.8, 4) is 0 Å². The molecular weight excluding hydrogens is 727 g/mol. The fourth-order valence-electron chi connectivity index (χ4n) is 7.09. The molecule has 8 heteroatoms. The molecule has 0 aromatic rings. The van der Waals surface area contributed by atoms with Crippen LogP contribution in [0.25, 0.3) is 0 Å². The third-order valence-electron chi connectivity index (χ3n) is 10.8. The van der Waals surface area contributed by atoms with Gasteiger partial charge < -0.3 is 28.6 Å². The Morgan fingerprint density at radius 3 is 1.43 bits per heavy atom. The summed E-state index contributed by atoms with van der Waals surface area (Å²) in [6, 6.07) is -0.724. The second-order valence-electron chi connectivity index (χ2n) is 17.3. The maximum absolute atomic E-state index is 12.8. The number of carbonyl (C=O) groups excluding carboxylic acids is 3. The molecule has 0 bridgehead atoms. The maximum atomic E-state index is 12.8. The molecule has 2 unspecified atom stereocenters. The minimum atomic E-state index is -1.12. The predicted molar refractivity (Wildman–Crippen MR) is 240 cm³/mol. The van der Waals surface area contributed by atoms with Crippen molar-refractivity contribution in [3.63, 3.8) is 0 Å². The first-order chi connectivity index (χ1) is 28.1. The van der Waals surface area contributed by atoms with Gasteiger partial charge in [-0.15, -0.1) is 0 Å². The highest BCUT2D eigenvalue weighted by Gasteiger charge is 2.25. The predicted octanol–water partition coefficient (Wildman–Crippen LogP) is 12.1. The number of unbranched alkanes of at least 4 members (excludes halogenated alkanes) is 23. The smallest absolute Gasteiger partial charge is 0.306 e. The van der Waals surface area contributed by atoms with Gasteiger partial charge in [-0.25, -0.2) is 0 Å². The number of esters is 2. The van der Waals surface area contributed by atoms with Crippen LogP contribution in [0.5, 0.6) is 0 Å². The molecule has 0 radical (unpaired) electrons. The van der Waals surface area contributed by atoms with Crippen LogP contribution in [0.3, 0.4) is 0 Å². The Balaban J connectivity index is 4.24. The van der Waals surface area contributed by atoms with Crippen LogP contribution in [-0.4, -0.2) is 75.5 Å². The minimum Gasteiger partial charge on any atom is -0.544 e. The Labute approximate surface area is 357 Å². The zero-order valence-corrected chi connectivity index (χ0v) is 38.5. The maximum Gasteiger partial charge on any atom is 0.306 e. The van der Waals surface area contributed by atoms with Crippen molar-refractivity contribution < 1.29 is 38.2 Å². The number of carboxylic acids is 1. The minimum absolute atomic E-state index is 0.0428. The lowest BCUT2D eigenvalue weighted by Gasteiger charge is -2.34. The van der Waals surface area contributed by atoms with Crippen LogP contribution in [0.4, 0.5) is 0 Å². The number of hydrogen-bond acceptors (Lipinski definition) is 7. The summed E-state index contributed by atoms with van der Waals surface area (Å²) in [5, 5.41) is 11.6. The normalized spacial score (nSPS) is 13.2. The Kier molecular flexibility index (Phi) is 39.5. The van der Waals surface area contributed by atoms with Crippen molar-refractivity contribution in [2.45, 2.75) is 225 Å². The molecule has 0 aromatic heterocycles. The van der Waals surface area contributed by atoms with Gasteiger partial charge in [0.05, 0.1) is 40.3 Å². The molecule has 0 aliphatic heterocycles. The van der Waals surface area contributed by atoms with E-state index in [4.69, 9.17) is 14.2 Å². The first-order valence-corrected chi connectivity index (χ1v) is 24.0. The second kappa shape index (κ2) is 41.3. The van der Waals surface area contributed by atoms with Gasteiger partial charge in [0.1, 0.15) is 12.6 Å². The van der Waals surface area contributed by atoms with Crippen LogP contribution in [-0.2, 0) is 28.6 Å². The Morgan fingerprint density at radius 1 is 0.534 bits per heavy atom. The van der Waals surface area contributed by atoms with Gasteiger partial charge in [0.25, 0.3) is 0 Å². The molecule has 0 N–H and O–H groups in total. The molecular formula is C50H91NO7. The van der Waals surface area contributed by atoms with Gasteiger partial charge in [0.15, 0.2) is 6.10 Å². The van der Waals surface area contributed by atoms with E-state index in [1.807, 2.05) is 0 Å². The topological polar surface area (TPSA) is 102 Å². The summed E-state index contributed by atoms with van der Waals surface area (Å²) in [4.78, 5) is 36.9. The van der Waals surface area contributed by atoms with Crippen LogP contribution in [0.2, 0.25) is 0 Å². The van der Waals surface area contributed by atoms with E-state index < -0.39 is 18.1 Å². The fourth-order valence-corrected chi connectivity index (χ4v) is 7.09. The lowest BCUT2D eigenvalue weighted by Crippen LogP contribution is -2.55. The van der Waals surface area contributed by atoms with Crippen molar-refractivity contribution in [2.75, 3.05) is 41.0 Å². The first kappa shape index (κ1) is 55.5. The SMILES string of the molecule is CC/C=C/C/C=C/C/C=C/CCCCCCCCCCCCCC(=O)OC(COCCC(C(=O)[O-])[N+](C)(C)C)COC(=O)CCCCCCCCCCCCCCC. The molecule has 2 atom stereocenters. The van der Waals surface area contributed by atoms with Gasteiger partial charge in [-0.1, -0.05) is 185 Å². The van der Waals surface area contributed by atoms with Crippen molar-refractivity contribution >= 4 is 17.9 Å². The van der Waals surface area contributed by atoms with Crippen molar-refractivity contribution in [1.82, 2.24) is 0 Å². The van der Waals surface area contributed by atoms with Crippen LogP contribution < -0.4 is 5.11 Å². The lowest BCUT2D eigenvalue weighted by atomic mass is 10.0. The Morgan fingerprint density at radius 2 is 0.966 bits per heavy atom. The van der Waals surface area contributed by atoms with E-state index in [-0.39, 0.29) is 42.7 Å². The standard InChI is InChI=1S/C50H91NO7/c1-6-8-10-12-14-16-18-20-21-22-23-24-25-26-27-29-31-33-35-37-39-41-49(53)58-46(44-56-43-42-47(50(54)55)51(3,4)5)45-57-48(52)40-38-36-34-32-30-28-19-17-15-13-11-9-7-2/h8,10,14,16,20-21,46-47H,6-7,9,11-13,15,17-19,22-45H2,1-5H3/b10-8+,16-14+,21-20+. The summed E-state index contributed by atoms with van der Waals surface area (Å²) >= 11 is 0. The number of carbonyl (C=O) groups is 3. The summed E-state index contributed by atoms with van der Waals surface area (Å²) in [6.45, 7) is 4.57. The van der Waals surface area contributed by atoms with Crippen molar-refractivity contribution in [2.24, 2.45) is 0 Å². The Bertz CT molecular complexity index is 1050. The molecule has 338 valence electrons. The van der Waals surface area contributed by atoms with Crippen molar-refractivity contribution in [3.05, 3.63) is 36.5 Å². The fraction of sp³-hybridized carbons (Fsp3) is 0.820. The summed E-state index contributed by atoms with van der Waals surface area (Å²) in [5.41, 5.74) is 0. The second-order valence-corrected chi connectivity index (χ2v) is 17.3. The van der Waals surface area contributed by atoms with E-state index in [2.05, 4.69) is 50.3 Å². The number of quaternary nitrogens is 1. The van der Waals surface area contributed by atoms with Crippen LogP contribution >= 0.6 is 0 Å². The quantitative estimate of drug-likeness (QED) is 0.0261. The number of carboxylic acid groups (broad SMARTS) is 1. The lowest BCUT2D eigenvalue weighted by molar-refractivity contribution is -0.889. The third kappa shape index (κ3) is 39.0. The third-order valence-corrected chi connectivity index (χ3v) is 10.8. The van der Waals surface area contributed by atoms with Crippen LogP contribution in [0, 0.1) is 0 Å². The number of allylic oxidation sites excluding steroid dienone is 6. The monoisotopic (exact) mass is 818 g/mol. The summed E-state index contributed by atoms with van der Waals surface area (Å²) < 4.78 is 17.2. The van der Waals surface area contributed by atoms with Crippen LogP contribution in [0.15, 0.2) is 36.5 Å². The first-order valence-electron chi connectivity index (χ1n) is 24.0. The van der Waals surface area contributed by atoms with Gasteiger partial charge in [0, 0.05) is 19.3 Å². The van der Waals surface area contributed by atoms with Crippen LogP contribution in [0.1, 0.15) is 213 Å². The number of aliphatic carboxylic acids is 1. The molecule has 0 amide bonds. The van der Waals surface area contributed by atoms with Gasteiger partial charge in [0.2, 0.25) is 0 Å². The highest BCUT2D eigenvalue weighted by molar-refractivity contribution is 5.70. The highest BCUT2D eigenvalue weighted by Crippen LogP contribution is 2.16. The highest BCUT2D eigenvalue weighted by atomic mass is 16.6. The van der Waals surface area contributed by atoms with E-state index in [0.29, 0.717) is 12.8 Å². The number of ether oxygens (including phenoxy) is 3. The number of likely N-dealkylation sites (N-methyl/N-ethyl adjacent to an activating group) is 1. The number of nitrogens with zero attached hydrogens (tertiary/aromatic N) is 1. The molecule has 0 spiro atoms. The van der Waals surface area contributed by atoms with E-state index in [9.17, 15) is 19.5 Å². The summed E-state index contributed by atoms with van der Waals surface area (Å²) in [5.74, 6) is -1.73. The summed E-state index contributed by atoms with van der Waals surface area (Å²) in [6.07, 6.45) is 47.4. The molecule has 0 heterocycles. The van der Waals surface area contributed by atoms with Gasteiger partial charge in [-0.3, -0.25) is 9.59 Å². The summed E-state index contributed by atoms with van der Waals surface area (Å²) in [7, 11) is 5.41. The van der Waals surface area contributed by atoms with E-state index in [1.165, 1.54) is 122 Å². The largest absolute Gasteiger partial charge is 0.544 e. The number of hydrogen-bond donors (Lipinski definition) is 0. The Hall–Kier alpha value is -2.45. The van der Waals surface area contributed by atoms with E-state index in [1.54, 1.807) is 21.1 Å². The molecule has 58 heavy (non-hydrogen) atoms. The molecule has 0 aromatic carbocycles. The zero-order chi connectivity index (χ0) is 42.8.